The fourth-order valence-electron chi connectivity index (χ4n) is 1.95. The molecular formula is C15H17N3O2. The number of hydrogen-bond acceptors (Lipinski definition) is 4. The van der Waals surface area contributed by atoms with E-state index in [1.54, 1.807) is 18.3 Å². The van der Waals surface area contributed by atoms with Crippen molar-refractivity contribution in [3.8, 4) is 0 Å². The maximum atomic E-state index is 11.0. The van der Waals surface area contributed by atoms with E-state index in [9.17, 15) is 10.1 Å². The Bertz CT molecular complexity index is 609. The molecular weight excluding hydrogens is 254 g/mol. The molecule has 104 valence electrons. The molecule has 0 saturated heterocycles. The average Bonchev–Trinajstić information content (AvgIpc) is 2.46. The van der Waals surface area contributed by atoms with E-state index in [2.05, 4.69) is 10.3 Å². The van der Waals surface area contributed by atoms with Crippen molar-refractivity contribution in [2.45, 2.75) is 26.8 Å². The van der Waals surface area contributed by atoms with E-state index in [0.29, 0.717) is 13.0 Å². The Morgan fingerprint density at radius 2 is 2.10 bits per heavy atom. The summed E-state index contributed by atoms with van der Waals surface area (Å²) in [5, 5.41) is 14.2. The van der Waals surface area contributed by atoms with Crippen molar-refractivity contribution in [1.29, 1.82) is 0 Å². The zero-order chi connectivity index (χ0) is 14.5. The number of nitrogens with one attached hydrogen (secondary N) is 1. The summed E-state index contributed by atoms with van der Waals surface area (Å²) in [6.07, 6.45) is 2.45. The molecule has 1 aromatic carbocycles. The number of aromatic nitrogens is 1. The van der Waals surface area contributed by atoms with Crippen molar-refractivity contribution in [3.05, 3.63) is 63.5 Å². The molecule has 0 aliphatic heterocycles. The van der Waals surface area contributed by atoms with Crippen LogP contribution in [-0.4, -0.2) is 9.91 Å². The summed E-state index contributed by atoms with van der Waals surface area (Å²) >= 11 is 0. The minimum absolute atomic E-state index is 0.166. The van der Waals surface area contributed by atoms with Gasteiger partial charge in [0.1, 0.15) is 0 Å². The van der Waals surface area contributed by atoms with Crippen LogP contribution in [0.5, 0.6) is 0 Å². The van der Waals surface area contributed by atoms with E-state index in [1.807, 2.05) is 32.0 Å². The Labute approximate surface area is 117 Å². The van der Waals surface area contributed by atoms with Crippen LogP contribution in [-0.2, 0) is 13.0 Å². The van der Waals surface area contributed by atoms with Crippen LogP contribution >= 0.6 is 0 Å². The van der Waals surface area contributed by atoms with Gasteiger partial charge in [-0.05, 0) is 31.0 Å². The molecule has 0 aliphatic rings. The van der Waals surface area contributed by atoms with E-state index in [-0.39, 0.29) is 10.6 Å². The van der Waals surface area contributed by atoms with E-state index in [0.717, 1.165) is 22.5 Å². The fourth-order valence-corrected chi connectivity index (χ4v) is 1.95. The number of nitrogens with zero attached hydrogens (tertiary/aromatic N) is 2. The van der Waals surface area contributed by atoms with Gasteiger partial charge in [0.2, 0.25) is 0 Å². The number of nitro benzene ring substituents is 1. The number of hydrogen-bond donors (Lipinski definition) is 1. The standard InChI is InChI=1S/C15H17N3O2/c1-3-13-6-7-14(8-15(13)18(19)20)17-10-12-5-4-11(2)16-9-12/h4-9,17H,3,10H2,1-2H3. The van der Waals surface area contributed by atoms with Crippen molar-refractivity contribution in [2.24, 2.45) is 0 Å². The average molecular weight is 271 g/mol. The van der Waals surface area contributed by atoms with E-state index in [1.165, 1.54) is 0 Å². The van der Waals surface area contributed by atoms with E-state index < -0.39 is 0 Å². The molecule has 0 spiro atoms. The molecule has 1 N–H and O–H groups in total. The Kier molecular flexibility index (Phi) is 4.30. The molecule has 0 atom stereocenters. The van der Waals surface area contributed by atoms with E-state index in [4.69, 9.17) is 0 Å². The lowest BCUT2D eigenvalue weighted by atomic mass is 10.1. The lowest BCUT2D eigenvalue weighted by Gasteiger charge is -2.08. The van der Waals surface area contributed by atoms with Gasteiger partial charge in [0.25, 0.3) is 5.69 Å². The molecule has 0 bridgehead atoms. The van der Waals surface area contributed by atoms with Crippen molar-refractivity contribution in [3.63, 3.8) is 0 Å². The minimum Gasteiger partial charge on any atom is -0.381 e. The molecule has 20 heavy (non-hydrogen) atoms. The number of aryl methyl sites for hydroxylation is 2. The lowest BCUT2D eigenvalue weighted by molar-refractivity contribution is -0.385. The molecule has 0 amide bonds. The Morgan fingerprint density at radius 1 is 1.30 bits per heavy atom. The van der Waals surface area contributed by atoms with Crippen LogP contribution in [0.2, 0.25) is 0 Å². The van der Waals surface area contributed by atoms with Gasteiger partial charge in [-0.1, -0.05) is 19.1 Å². The molecule has 0 radical (unpaired) electrons. The van der Waals surface area contributed by atoms with Crippen molar-refractivity contribution >= 4 is 11.4 Å². The first-order valence-corrected chi connectivity index (χ1v) is 6.53. The normalized spacial score (nSPS) is 10.3. The van der Waals surface area contributed by atoms with Crippen LogP contribution in [0.4, 0.5) is 11.4 Å². The first kappa shape index (κ1) is 14.0. The Hall–Kier alpha value is -2.43. The topological polar surface area (TPSA) is 68.1 Å². The Balaban J connectivity index is 2.11. The summed E-state index contributed by atoms with van der Waals surface area (Å²) in [4.78, 5) is 14.9. The third-order valence-electron chi connectivity index (χ3n) is 3.13. The monoisotopic (exact) mass is 271 g/mol. The van der Waals surface area contributed by atoms with Crippen molar-refractivity contribution in [2.75, 3.05) is 5.32 Å². The molecule has 1 aromatic heterocycles. The van der Waals surface area contributed by atoms with Crippen LogP contribution in [0, 0.1) is 17.0 Å². The first-order valence-electron chi connectivity index (χ1n) is 6.53. The molecule has 0 fully saturated rings. The first-order chi connectivity index (χ1) is 9.60. The van der Waals surface area contributed by atoms with Crippen LogP contribution < -0.4 is 5.32 Å². The van der Waals surface area contributed by atoms with Crippen LogP contribution in [0.1, 0.15) is 23.7 Å². The van der Waals surface area contributed by atoms with Gasteiger partial charge >= 0.3 is 0 Å². The summed E-state index contributed by atoms with van der Waals surface area (Å²) in [7, 11) is 0. The molecule has 2 aromatic rings. The molecule has 0 unspecified atom stereocenters. The number of benzene rings is 1. The minimum atomic E-state index is -0.336. The van der Waals surface area contributed by atoms with Crippen molar-refractivity contribution in [1.82, 2.24) is 4.98 Å². The number of nitro groups is 1. The molecule has 1 heterocycles. The van der Waals surface area contributed by atoms with Gasteiger partial charge in [-0.15, -0.1) is 0 Å². The van der Waals surface area contributed by atoms with Gasteiger partial charge in [-0.25, -0.2) is 0 Å². The summed E-state index contributed by atoms with van der Waals surface area (Å²) in [6.45, 7) is 4.44. The van der Waals surface area contributed by atoms with Gasteiger partial charge < -0.3 is 5.32 Å². The van der Waals surface area contributed by atoms with Gasteiger partial charge in [0, 0.05) is 35.8 Å². The molecule has 5 nitrogen and oxygen atoms in total. The summed E-state index contributed by atoms with van der Waals surface area (Å²) in [6, 6.07) is 9.19. The second kappa shape index (κ2) is 6.14. The summed E-state index contributed by atoms with van der Waals surface area (Å²) < 4.78 is 0. The van der Waals surface area contributed by atoms with Crippen molar-refractivity contribution < 1.29 is 4.92 Å². The van der Waals surface area contributed by atoms with Gasteiger partial charge in [-0.2, -0.15) is 0 Å². The van der Waals surface area contributed by atoms with Crippen LogP contribution in [0.3, 0.4) is 0 Å². The third kappa shape index (κ3) is 3.32. The predicted octanol–water partition coefficient (Wildman–Crippen LogP) is 3.47. The number of anilines is 1. The summed E-state index contributed by atoms with van der Waals surface area (Å²) in [5.74, 6) is 0. The third-order valence-corrected chi connectivity index (χ3v) is 3.13. The van der Waals surface area contributed by atoms with Gasteiger partial charge in [0.15, 0.2) is 0 Å². The largest absolute Gasteiger partial charge is 0.381 e. The molecule has 5 heteroatoms. The van der Waals surface area contributed by atoms with E-state index >= 15 is 0 Å². The number of rotatable bonds is 5. The highest BCUT2D eigenvalue weighted by Gasteiger charge is 2.12. The fraction of sp³-hybridized carbons (Fsp3) is 0.267. The molecule has 0 aliphatic carbocycles. The molecule has 2 rings (SSSR count). The summed E-state index contributed by atoms with van der Waals surface area (Å²) in [5.41, 5.74) is 3.67. The highest BCUT2D eigenvalue weighted by Crippen LogP contribution is 2.24. The highest BCUT2D eigenvalue weighted by atomic mass is 16.6. The second-order valence-electron chi connectivity index (χ2n) is 4.62. The zero-order valence-corrected chi connectivity index (χ0v) is 11.6. The maximum absolute atomic E-state index is 11.0. The van der Waals surface area contributed by atoms with Crippen LogP contribution in [0.25, 0.3) is 0 Å². The lowest BCUT2D eigenvalue weighted by Crippen LogP contribution is -2.02. The smallest absolute Gasteiger partial charge is 0.274 e. The second-order valence-corrected chi connectivity index (χ2v) is 4.62. The van der Waals surface area contributed by atoms with Gasteiger partial charge in [0.05, 0.1) is 4.92 Å². The van der Waals surface area contributed by atoms with Crippen LogP contribution in [0.15, 0.2) is 36.5 Å². The quantitative estimate of drug-likeness (QED) is 0.667. The zero-order valence-electron chi connectivity index (χ0n) is 11.6. The number of pyridine rings is 1. The Morgan fingerprint density at radius 3 is 2.70 bits per heavy atom. The van der Waals surface area contributed by atoms with Gasteiger partial charge in [-0.3, -0.25) is 15.1 Å². The molecule has 0 saturated carbocycles. The highest BCUT2D eigenvalue weighted by molar-refractivity contribution is 5.55. The predicted molar refractivity (Wildman–Crippen MR) is 78.8 cm³/mol. The maximum Gasteiger partial charge on any atom is 0.274 e. The SMILES string of the molecule is CCc1ccc(NCc2ccc(C)nc2)cc1[N+](=O)[O-].